The van der Waals surface area contributed by atoms with E-state index in [1.807, 2.05) is 0 Å². The van der Waals surface area contributed by atoms with E-state index in [0.29, 0.717) is 22.0 Å². The molecule has 0 fully saturated rings. The van der Waals surface area contributed by atoms with Crippen LogP contribution in [0.4, 0.5) is 0 Å². The highest BCUT2D eigenvalue weighted by molar-refractivity contribution is 6.35. The van der Waals surface area contributed by atoms with Crippen LogP contribution in [-0.4, -0.2) is 18.5 Å². The minimum Gasteiger partial charge on any atom is -0.368 e. The quantitative estimate of drug-likeness (QED) is 0.794. The highest BCUT2D eigenvalue weighted by atomic mass is 35.5. The fourth-order valence-electron chi connectivity index (χ4n) is 0.985. The number of aliphatic hydroxyl groups is 1. The third kappa shape index (κ3) is 2.85. The summed E-state index contributed by atoms with van der Waals surface area (Å²) >= 11 is 11.8. The Kier molecular flexibility index (Phi) is 4.00. The zero-order valence-corrected chi connectivity index (χ0v) is 8.64. The van der Waals surface area contributed by atoms with E-state index in [2.05, 4.69) is 0 Å². The molecule has 0 aromatic heterocycles. The molecule has 72 valence electrons. The third-order valence-electron chi connectivity index (χ3n) is 1.71. The SMILES string of the molecule is COC(O)Cc1c(Cl)cccc1Cl. The lowest BCUT2D eigenvalue weighted by atomic mass is 10.1. The van der Waals surface area contributed by atoms with Crippen LogP contribution in [-0.2, 0) is 11.2 Å². The molecule has 2 nitrogen and oxygen atoms in total. The van der Waals surface area contributed by atoms with E-state index >= 15 is 0 Å². The fourth-order valence-corrected chi connectivity index (χ4v) is 1.54. The molecule has 0 heterocycles. The molecule has 0 bridgehead atoms. The summed E-state index contributed by atoms with van der Waals surface area (Å²) in [5.41, 5.74) is 0.709. The van der Waals surface area contributed by atoms with Gasteiger partial charge in [0.1, 0.15) is 0 Å². The molecule has 1 unspecified atom stereocenters. The van der Waals surface area contributed by atoms with E-state index < -0.39 is 6.29 Å². The third-order valence-corrected chi connectivity index (χ3v) is 2.42. The van der Waals surface area contributed by atoms with E-state index in [0.717, 1.165) is 0 Å². The Hall–Kier alpha value is -0.280. The number of benzene rings is 1. The van der Waals surface area contributed by atoms with Gasteiger partial charge < -0.3 is 9.84 Å². The Morgan fingerprint density at radius 3 is 2.38 bits per heavy atom. The van der Waals surface area contributed by atoms with E-state index in [1.165, 1.54) is 7.11 Å². The van der Waals surface area contributed by atoms with Gasteiger partial charge in [-0.2, -0.15) is 0 Å². The summed E-state index contributed by atoms with van der Waals surface area (Å²) in [7, 11) is 1.43. The molecule has 13 heavy (non-hydrogen) atoms. The molecular formula is C9H10Cl2O2. The van der Waals surface area contributed by atoms with Gasteiger partial charge in [-0.15, -0.1) is 0 Å². The monoisotopic (exact) mass is 220 g/mol. The van der Waals surface area contributed by atoms with E-state index in [-0.39, 0.29) is 0 Å². The molecule has 0 saturated heterocycles. The number of methoxy groups -OCH3 is 1. The van der Waals surface area contributed by atoms with Crippen LogP contribution in [0.3, 0.4) is 0 Å². The van der Waals surface area contributed by atoms with Crippen LogP contribution < -0.4 is 0 Å². The van der Waals surface area contributed by atoms with Crippen LogP contribution in [0.15, 0.2) is 18.2 Å². The summed E-state index contributed by atoms with van der Waals surface area (Å²) in [6.45, 7) is 0. The predicted octanol–water partition coefficient (Wildman–Crippen LogP) is 2.50. The van der Waals surface area contributed by atoms with Gasteiger partial charge in [0.15, 0.2) is 6.29 Å². The summed E-state index contributed by atoms with van der Waals surface area (Å²) in [4.78, 5) is 0. The zero-order valence-electron chi connectivity index (χ0n) is 7.13. The Morgan fingerprint density at radius 1 is 1.38 bits per heavy atom. The first-order valence-electron chi connectivity index (χ1n) is 3.79. The lowest BCUT2D eigenvalue weighted by Crippen LogP contribution is -2.12. The number of hydrogen-bond acceptors (Lipinski definition) is 2. The zero-order chi connectivity index (χ0) is 9.84. The first-order chi connectivity index (χ1) is 6.15. The Labute approximate surface area is 87.0 Å². The summed E-state index contributed by atoms with van der Waals surface area (Å²) in [5, 5.41) is 10.3. The number of rotatable bonds is 3. The number of aliphatic hydroxyl groups excluding tert-OH is 1. The van der Waals surface area contributed by atoms with Gasteiger partial charge in [-0.05, 0) is 17.7 Å². The highest BCUT2D eigenvalue weighted by Gasteiger charge is 2.10. The van der Waals surface area contributed by atoms with Crippen molar-refractivity contribution in [1.29, 1.82) is 0 Å². The Morgan fingerprint density at radius 2 is 1.92 bits per heavy atom. The topological polar surface area (TPSA) is 29.5 Å². The lowest BCUT2D eigenvalue weighted by Gasteiger charge is -2.10. The standard InChI is InChI=1S/C9H10Cl2O2/c1-13-9(12)5-6-7(10)3-2-4-8(6)11/h2-4,9,12H,5H2,1H3. The largest absolute Gasteiger partial charge is 0.368 e. The maximum atomic E-state index is 9.22. The van der Waals surface area contributed by atoms with Gasteiger partial charge >= 0.3 is 0 Å². The smallest absolute Gasteiger partial charge is 0.158 e. The van der Waals surface area contributed by atoms with Crippen LogP contribution in [0.1, 0.15) is 5.56 Å². The van der Waals surface area contributed by atoms with Crippen molar-refractivity contribution in [2.75, 3.05) is 7.11 Å². The first kappa shape index (κ1) is 10.8. The van der Waals surface area contributed by atoms with Crippen molar-refractivity contribution in [3.05, 3.63) is 33.8 Å². The van der Waals surface area contributed by atoms with Gasteiger partial charge in [0, 0.05) is 23.6 Å². The Bertz CT molecular complexity index is 269. The van der Waals surface area contributed by atoms with Crippen LogP contribution in [0.2, 0.25) is 10.0 Å². The van der Waals surface area contributed by atoms with Gasteiger partial charge in [-0.3, -0.25) is 0 Å². The molecule has 1 atom stereocenters. The molecule has 1 aromatic carbocycles. The maximum absolute atomic E-state index is 9.22. The van der Waals surface area contributed by atoms with Gasteiger partial charge in [0.05, 0.1) is 0 Å². The van der Waals surface area contributed by atoms with Crippen LogP contribution >= 0.6 is 23.2 Å². The van der Waals surface area contributed by atoms with E-state index in [1.54, 1.807) is 18.2 Å². The molecule has 0 spiro atoms. The van der Waals surface area contributed by atoms with Gasteiger partial charge in [-0.1, -0.05) is 29.3 Å². The molecule has 0 aliphatic heterocycles. The highest BCUT2D eigenvalue weighted by Crippen LogP contribution is 2.25. The second kappa shape index (κ2) is 4.82. The van der Waals surface area contributed by atoms with Crippen molar-refractivity contribution in [3.63, 3.8) is 0 Å². The summed E-state index contributed by atoms with van der Waals surface area (Å²) in [5.74, 6) is 0. The van der Waals surface area contributed by atoms with Crippen molar-refractivity contribution in [2.24, 2.45) is 0 Å². The number of hydrogen-bond donors (Lipinski definition) is 1. The molecule has 0 aliphatic carbocycles. The molecule has 0 radical (unpaired) electrons. The van der Waals surface area contributed by atoms with E-state index in [9.17, 15) is 5.11 Å². The molecule has 1 aromatic rings. The minimum atomic E-state index is -0.864. The number of halogens is 2. The summed E-state index contributed by atoms with van der Waals surface area (Å²) in [6, 6.07) is 5.21. The van der Waals surface area contributed by atoms with Gasteiger partial charge in [-0.25, -0.2) is 0 Å². The van der Waals surface area contributed by atoms with Crippen molar-refractivity contribution in [2.45, 2.75) is 12.7 Å². The molecule has 1 N–H and O–H groups in total. The minimum absolute atomic E-state index is 0.301. The second-order valence-corrected chi connectivity index (χ2v) is 3.41. The molecule has 4 heteroatoms. The van der Waals surface area contributed by atoms with Crippen molar-refractivity contribution in [3.8, 4) is 0 Å². The van der Waals surface area contributed by atoms with Gasteiger partial charge in [0.25, 0.3) is 0 Å². The predicted molar refractivity (Wildman–Crippen MR) is 53.2 cm³/mol. The van der Waals surface area contributed by atoms with Crippen molar-refractivity contribution in [1.82, 2.24) is 0 Å². The molecule has 0 saturated carbocycles. The van der Waals surface area contributed by atoms with Crippen molar-refractivity contribution >= 4 is 23.2 Å². The summed E-state index contributed by atoms with van der Waals surface area (Å²) < 4.78 is 4.70. The van der Waals surface area contributed by atoms with Gasteiger partial charge in [0.2, 0.25) is 0 Å². The normalized spacial score (nSPS) is 12.9. The summed E-state index contributed by atoms with van der Waals surface area (Å²) in [6.07, 6.45) is -0.563. The number of ether oxygens (including phenoxy) is 1. The second-order valence-electron chi connectivity index (χ2n) is 2.59. The average molecular weight is 221 g/mol. The fraction of sp³-hybridized carbons (Fsp3) is 0.333. The maximum Gasteiger partial charge on any atom is 0.158 e. The average Bonchev–Trinajstić information content (AvgIpc) is 2.11. The van der Waals surface area contributed by atoms with Crippen LogP contribution in [0.5, 0.6) is 0 Å². The molecule has 1 rings (SSSR count). The molecular weight excluding hydrogens is 211 g/mol. The van der Waals surface area contributed by atoms with Crippen molar-refractivity contribution < 1.29 is 9.84 Å². The molecule has 0 amide bonds. The van der Waals surface area contributed by atoms with E-state index in [4.69, 9.17) is 27.9 Å². The first-order valence-corrected chi connectivity index (χ1v) is 4.54. The Balaban J connectivity index is 2.87. The lowest BCUT2D eigenvalue weighted by molar-refractivity contribution is -0.0720. The molecule has 0 aliphatic rings. The van der Waals surface area contributed by atoms with Crippen LogP contribution in [0.25, 0.3) is 0 Å². The van der Waals surface area contributed by atoms with Crippen LogP contribution in [0, 0.1) is 0 Å².